The summed E-state index contributed by atoms with van der Waals surface area (Å²) >= 11 is 0. The summed E-state index contributed by atoms with van der Waals surface area (Å²) in [6.07, 6.45) is 2.50. The first-order valence-corrected chi connectivity index (χ1v) is 6.83. The van der Waals surface area contributed by atoms with Gasteiger partial charge in [0.2, 0.25) is 0 Å². The van der Waals surface area contributed by atoms with Crippen LogP contribution in [-0.2, 0) is 19.1 Å². The molecule has 0 fully saturated rings. The van der Waals surface area contributed by atoms with Crippen molar-refractivity contribution in [1.29, 1.82) is 0 Å². The Bertz CT molecular complexity index is 248. The third-order valence-electron chi connectivity index (χ3n) is 2.63. The van der Waals surface area contributed by atoms with Gasteiger partial charge in [-0.05, 0) is 25.7 Å². The number of rotatable bonds is 9. The SMILES string of the molecule is CCCC(CC(=O)OCCC(C)C)C(=O)OCC. The Hall–Kier alpha value is -1.06. The van der Waals surface area contributed by atoms with Crippen LogP contribution in [-0.4, -0.2) is 25.2 Å². The smallest absolute Gasteiger partial charge is 0.309 e. The molecular weight excluding hydrogens is 232 g/mol. The minimum absolute atomic E-state index is 0.130. The van der Waals surface area contributed by atoms with E-state index in [9.17, 15) is 9.59 Å². The van der Waals surface area contributed by atoms with E-state index in [1.807, 2.05) is 6.92 Å². The van der Waals surface area contributed by atoms with E-state index in [0.29, 0.717) is 25.6 Å². The summed E-state index contributed by atoms with van der Waals surface area (Å²) in [6.45, 7) is 8.68. The van der Waals surface area contributed by atoms with Crippen molar-refractivity contribution >= 4 is 11.9 Å². The quantitative estimate of drug-likeness (QED) is 0.597. The van der Waals surface area contributed by atoms with Gasteiger partial charge in [-0.15, -0.1) is 0 Å². The van der Waals surface area contributed by atoms with Gasteiger partial charge in [-0.1, -0.05) is 27.2 Å². The van der Waals surface area contributed by atoms with Crippen LogP contribution in [0.5, 0.6) is 0 Å². The Morgan fingerprint density at radius 1 is 1.06 bits per heavy atom. The number of carbonyl (C=O) groups excluding carboxylic acids is 2. The van der Waals surface area contributed by atoms with E-state index in [-0.39, 0.29) is 24.3 Å². The van der Waals surface area contributed by atoms with Gasteiger partial charge in [-0.2, -0.15) is 0 Å². The number of esters is 2. The Balaban J connectivity index is 4.06. The van der Waals surface area contributed by atoms with Gasteiger partial charge in [0.25, 0.3) is 0 Å². The fourth-order valence-electron chi connectivity index (χ4n) is 1.58. The summed E-state index contributed by atoms with van der Waals surface area (Å²) in [5.41, 5.74) is 0. The monoisotopic (exact) mass is 258 g/mol. The van der Waals surface area contributed by atoms with Crippen LogP contribution in [0, 0.1) is 11.8 Å². The fourth-order valence-corrected chi connectivity index (χ4v) is 1.58. The maximum Gasteiger partial charge on any atom is 0.309 e. The highest BCUT2D eigenvalue weighted by molar-refractivity contribution is 5.79. The number of hydrogen-bond donors (Lipinski definition) is 0. The molecule has 0 bridgehead atoms. The van der Waals surface area contributed by atoms with Crippen molar-refractivity contribution < 1.29 is 19.1 Å². The van der Waals surface area contributed by atoms with Crippen LogP contribution in [0.25, 0.3) is 0 Å². The van der Waals surface area contributed by atoms with Gasteiger partial charge in [-0.3, -0.25) is 9.59 Å². The maximum absolute atomic E-state index is 11.6. The van der Waals surface area contributed by atoms with Crippen LogP contribution in [0.3, 0.4) is 0 Å². The summed E-state index contributed by atoms with van der Waals surface area (Å²) in [5.74, 6) is -0.446. The lowest BCUT2D eigenvalue weighted by atomic mass is 10.0. The van der Waals surface area contributed by atoms with Crippen LogP contribution < -0.4 is 0 Å². The zero-order valence-corrected chi connectivity index (χ0v) is 12.0. The highest BCUT2D eigenvalue weighted by Crippen LogP contribution is 2.14. The van der Waals surface area contributed by atoms with Gasteiger partial charge in [-0.25, -0.2) is 0 Å². The van der Waals surface area contributed by atoms with Crippen LogP contribution in [0.15, 0.2) is 0 Å². The topological polar surface area (TPSA) is 52.6 Å². The molecule has 0 aromatic rings. The predicted octanol–water partition coefficient (Wildman–Crippen LogP) is 2.95. The number of carbonyl (C=O) groups is 2. The molecule has 0 aliphatic rings. The van der Waals surface area contributed by atoms with E-state index in [1.165, 1.54) is 0 Å². The van der Waals surface area contributed by atoms with E-state index < -0.39 is 0 Å². The minimum Gasteiger partial charge on any atom is -0.466 e. The molecule has 0 aromatic carbocycles. The first-order valence-electron chi connectivity index (χ1n) is 6.83. The van der Waals surface area contributed by atoms with Crippen molar-refractivity contribution in [3.63, 3.8) is 0 Å². The van der Waals surface area contributed by atoms with Gasteiger partial charge in [0, 0.05) is 0 Å². The predicted molar refractivity (Wildman–Crippen MR) is 70.1 cm³/mol. The Kier molecular flexibility index (Phi) is 9.33. The molecule has 0 spiro atoms. The Morgan fingerprint density at radius 2 is 1.72 bits per heavy atom. The van der Waals surface area contributed by atoms with E-state index in [0.717, 1.165) is 12.8 Å². The molecule has 0 aliphatic carbocycles. The molecule has 0 radical (unpaired) electrons. The summed E-state index contributed by atoms with van der Waals surface area (Å²) in [6, 6.07) is 0. The van der Waals surface area contributed by atoms with E-state index >= 15 is 0 Å². The standard InChI is InChI=1S/C14H26O4/c1-5-7-12(14(16)17-6-2)10-13(15)18-9-8-11(3)4/h11-12H,5-10H2,1-4H3. The van der Waals surface area contributed by atoms with Gasteiger partial charge >= 0.3 is 11.9 Å². The van der Waals surface area contributed by atoms with E-state index in [4.69, 9.17) is 9.47 Å². The van der Waals surface area contributed by atoms with Crippen molar-refractivity contribution in [2.24, 2.45) is 11.8 Å². The molecule has 1 unspecified atom stereocenters. The van der Waals surface area contributed by atoms with E-state index in [1.54, 1.807) is 6.92 Å². The van der Waals surface area contributed by atoms with E-state index in [2.05, 4.69) is 13.8 Å². The normalized spacial score (nSPS) is 12.3. The lowest BCUT2D eigenvalue weighted by Gasteiger charge is -2.14. The lowest BCUT2D eigenvalue weighted by molar-refractivity contribution is -0.155. The third kappa shape index (κ3) is 8.09. The molecule has 0 N–H and O–H groups in total. The van der Waals surface area contributed by atoms with Gasteiger partial charge in [0.15, 0.2) is 0 Å². The van der Waals surface area contributed by atoms with Gasteiger partial charge in [0.1, 0.15) is 0 Å². The van der Waals surface area contributed by atoms with Gasteiger partial charge in [0.05, 0.1) is 25.6 Å². The lowest BCUT2D eigenvalue weighted by Crippen LogP contribution is -2.22. The zero-order valence-electron chi connectivity index (χ0n) is 12.0. The van der Waals surface area contributed by atoms with Gasteiger partial charge < -0.3 is 9.47 Å². The molecule has 1 atom stereocenters. The van der Waals surface area contributed by atoms with Crippen LogP contribution in [0.4, 0.5) is 0 Å². The molecule has 4 nitrogen and oxygen atoms in total. The summed E-state index contributed by atoms with van der Waals surface area (Å²) in [5, 5.41) is 0. The molecular formula is C14H26O4. The van der Waals surface area contributed by atoms with Crippen LogP contribution >= 0.6 is 0 Å². The Morgan fingerprint density at radius 3 is 2.22 bits per heavy atom. The molecule has 0 aromatic heterocycles. The second-order valence-electron chi connectivity index (χ2n) is 4.84. The van der Waals surface area contributed by atoms with Crippen molar-refractivity contribution in [2.75, 3.05) is 13.2 Å². The van der Waals surface area contributed by atoms with Crippen molar-refractivity contribution in [2.45, 2.75) is 53.4 Å². The van der Waals surface area contributed by atoms with Crippen LogP contribution in [0.1, 0.15) is 53.4 Å². The maximum atomic E-state index is 11.6. The van der Waals surface area contributed by atoms with Crippen molar-refractivity contribution in [1.82, 2.24) is 0 Å². The zero-order chi connectivity index (χ0) is 14.0. The summed E-state index contributed by atoms with van der Waals surface area (Å²) in [7, 11) is 0. The molecule has 0 saturated carbocycles. The molecule has 0 heterocycles. The third-order valence-corrected chi connectivity index (χ3v) is 2.63. The first-order chi connectivity index (χ1) is 8.51. The Labute approximate surface area is 110 Å². The highest BCUT2D eigenvalue weighted by atomic mass is 16.5. The van der Waals surface area contributed by atoms with Crippen molar-refractivity contribution in [3.05, 3.63) is 0 Å². The molecule has 18 heavy (non-hydrogen) atoms. The first kappa shape index (κ1) is 16.9. The number of hydrogen-bond acceptors (Lipinski definition) is 4. The fraction of sp³-hybridized carbons (Fsp3) is 0.857. The number of ether oxygens (including phenoxy) is 2. The second-order valence-corrected chi connectivity index (χ2v) is 4.84. The average Bonchev–Trinajstić information content (AvgIpc) is 2.28. The second kappa shape index (κ2) is 9.92. The van der Waals surface area contributed by atoms with Crippen molar-refractivity contribution in [3.8, 4) is 0 Å². The summed E-state index contributed by atoms with van der Waals surface area (Å²) in [4.78, 5) is 23.2. The average molecular weight is 258 g/mol. The summed E-state index contributed by atoms with van der Waals surface area (Å²) < 4.78 is 10.1. The molecule has 4 heteroatoms. The largest absolute Gasteiger partial charge is 0.466 e. The molecule has 0 amide bonds. The molecule has 0 saturated heterocycles. The van der Waals surface area contributed by atoms with Crippen LogP contribution in [0.2, 0.25) is 0 Å². The highest BCUT2D eigenvalue weighted by Gasteiger charge is 2.23. The molecule has 0 rings (SSSR count). The molecule has 0 aliphatic heterocycles. The molecule has 106 valence electrons. The minimum atomic E-state index is -0.360.